The Kier molecular flexibility index (Phi) is 10.3. The second kappa shape index (κ2) is 12.9. The van der Waals surface area contributed by atoms with Gasteiger partial charge in [-0.05, 0) is 104 Å². The van der Waals surface area contributed by atoms with Crippen LogP contribution in [0.1, 0.15) is 98.3 Å². The molecule has 0 saturated heterocycles. The van der Waals surface area contributed by atoms with Gasteiger partial charge in [-0.2, -0.15) is 0 Å². The largest absolute Gasteiger partial charge is 0.466 e. The third-order valence-electron chi connectivity index (χ3n) is 12.1. The molecule has 0 aromatic heterocycles. The van der Waals surface area contributed by atoms with Gasteiger partial charge in [0.15, 0.2) is 6.17 Å². The van der Waals surface area contributed by atoms with Crippen molar-refractivity contribution < 1.29 is 47.6 Å². The van der Waals surface area contributed by atoms with Gasteiger partial charge < -0.3 is 24.8 Å². The van der Waals surface area contributed by atoms with Gasteiger partial charge >= 0.3 is 11.9 Å². The number of aliphatic hydroxyl groups is 3. The number of halogens is 3. The maximum absolute atomic E-state index is 13.2. The van der Waals surface area contributed by atoms with Crippen molar-refractivity contribution in [3.63, 3.8) is 0 Å². The lowest BCUT2D eigenvalue weighted by Crippen LogP contribution is -2.62. The molecule has 0 aliphatic heterocycles. The topological polar surface area (TPSA) is 113 Å². The van der Waals surface area contributed by atoms with Crippen LogP contribution in [0.2, 0.25) is 0 Å². The van der Waals surface area contributed by atoms with Crippen LogP contribution >= 0.6 is 0 Å². The fourth-order valence-corrected chi connectivity index (χ4v) is 9.54. The first kappa shape index (κ1) is 33.5. The summed E-state index contributed by atoms with van der Waals surface area (Å²) in [5.74, 6) is -3.57. The summed E-state index contributed by atoms with van der Waals surface area (Å²) in [4.78, 5) is 24.1. The first-order chi connectivity index (χ1) is 19.6. The second-order valence-corrected chi connectivity index (χ2v) is 14.5. The van der Waals surface area contributed by atoms with Crippen molar-refractivity contribution in [3.05, 3.63) is 0 Å². The third kappa shape index (κ3) is 6.65. The number of hydrogen-bond donors (Lipinski definition) is 3. The lowest BCUT2D eigenvalue weighted by molar-refractivity contribution is -0.207. The predicted octanol–water partition coefficient (Wildman–Crippen LogP) is 5.22. The van der Waals surface area contributed by atoms with Gasteiger partial charge in [-0.3, -0.25) is 9.59 Å². The molecule has 0 radical (unpaired) electrons. The lowest BCUT2D eigenvalue weighted by Gasteiger charge is -2.63. The monoisotopic (exact) mass is 604 g/mol. The minimum atomic E-state index is -3.58. The SMILES string of the molecule is C[C@H](CCC(=O)OCCCC(=O)OCC(F)C(C)(F)F)[C@H]1CC[C@H]2[C@@H]3[C@H](O)C[C@@H]4C[C@H](O)CC[C@]4(C)[C@H]3C[C@H](O)[C@]12C. The Morgan fingerprint density at radius 1 is 0.976 bits per heavy atom. The maximum atomic E-state index is 13.2. The van der Waals surface area contributed by atoms with Crippen LogP contribution in [0.5, 0.6) is 0 Å². The van der Waals surface area contributed by atoms with Crippen LogP contribution in [0.15, 0.2) is 0 Å². The van der Waals surface area contributed by atoms with Crippen molar-refractivity contribution in [1.29, 1.82) is 0 Å². The molecule has 0 aromatic carbocycles. The van der Waals surface area contributed by atoms with Crippen molar-refractivity contribution in [1.82, 2.24) is 0 Å². The van der Waals surface area contributed by atoms with Crippen LogP contribution in [-0.4, -0.2) is 70.9 Å². The van der Waals surface area contributed by atoms with Crippen LogP contribution in [0.25, 0.3) is 0 Å². The molecule has 4 rings (SSSR count). The van der Waals surface area contributed by atoms with Crippen LogP contribution in [0, 0.1) is 46.3 Å². The molecule has 0 heterocycles. The summed E-state index contributed by atoms with van der Waals surface area (Å²) in [7, 11) is 0. The van der Waals surface area contributed by atoms with Gasteiger partial charge in [0.1, 0.15) is 6.61 Å². The van der Waals surface area contributed by atoms with Crippen LogP contribution in [0.4, 0.5) is 13.2 Å². The zero-order valence-electron chi connectivity index (χ0n) is 25.6. The first-order valence-corrected chi connectivity index (χ1v) is 16.0. The maximum Gasteiger partial charge on any atom is 0.306 e. The Bertz CT molecular complexity index is 959. The zero-order valence-corrected chi connectivity index (χ0v) is 25.6. The second-order valence-electron chi connectivity index (χ2n) is 14.5. The fraction of sp³-hybridized carbons (Fsp3) is 0.938. The van der Waals surface area contributed by atoms with Crippen LogP contribution in [-0.2, 0) is 19.1 Å². The average molecular weight is 605 g/mol. The minimum Gasteiger partial charge on any atom is -0.466 e. The number of rotatable bonds is 11. The Labute approximate surface area is 247 Å². The molecule has 3 N–H and O–H groups in total. The molecule has 0 aromatic rings. The van der Waals surface area contributed by atoms with E-state index in [0.29, 0.717) is 26.2 Å². The number of ether oxygens (including phenoxy) is 2. The van der Waals surface area contributed by atoms with Crippen molar-refractivity contribution in [2.24, 2.45) is 46.3 Å². The molecule has 10 heteroatoms. The van der Waals surface area contributed by atoms with E-state index in [-0.39, 0.29) is 78.3 Å². The summed E-state index contributed by atoms with van der Waals surface area (Å²) in [6.45, 7) is 6.01. The molecule has 12 atom stereocenters. The Morgan fingerprint density at radius 3 is 2.36 bits per heavy atom. The molecular weight excluding hydrogens is 553 g/mol. The smallest absolute Gasteiger partial charge is 0.306 e. The van der Waals surface area contributed by atoms with E-state index in [0.717, 1.165) is 32.1 Å². The van der Waals surface area contributed by atoms with E-state index in [9.17, 15) is 38.1 Å². The average Bonchev–Trinajstić information content (AvgIpc) is 3.27. The molecule has 0 bridgehead atoms. The Morgan fingerprint density at radius 2 is 1.67 bits per heavy atom. The molecule has 42 heavy (non-hydrogen) atoms. The van der Waals surface area contributed by atoms with Crippen LogP contribution in [0.3, 0.4) is 0 Å². The highest BCUT2D eigenvalue weighted by molar-refractivity contribution is 5.70. The fourth-order valence-electron chi connectivity index (χ4n) is 9.54. The van der Waals surface area contributed by atoms with Gasteiger partial charge in [0.2, 0.25) is 0 Å². The highest BCUT2D eigenvalue weighted by Gasteiger charge is 2.65. The van der Waals surface area contributed by atoms with Crippen molar-refractivity contribution in [2.75, 3.05) is 13.2 Å². The molecule has 1 unspecified atom stereocenters. The van der Waals surface area contributed by atoms with E-state index >= 15 is 0 Å². The van der Waals surface area contributed by atoms with Gasteiger partial charge in [0.05, 0.1) is 24.9 Å². The van der Waals surface area contributed by atoms with Crippen LogP contribution < -0.4 is 0 Å². The number of esters is 2. The molecule has 4 saturated carbocycles. The highest BCUT2D eigenvalue weighted by Crippen LogP contribution is 2.68. The number of alkyl halides is 3. The van der Waals surface area contributed by atoms with Gasteiger partial charge in [-0.15, -0.1) is 0 Å². The molecule has 0 amide bonds. The van der Waals surface area contributed by atoms with E-state index < -0.39 is 42.8 Å². The summed E-state index contributed by atoms with van der Waals surface area (Å²) in [6, 6.07) is 0. The standard InChI is InChI=1S/C32H51F3O7/c1-18(7-10-28(40)41-13-5-6-27(39)42-17-25(33)32(4,34)35)21-8-9-22-29-23(16-26(38)31(21,22)3)30(2)12-11-20(36)14-19(30)15-24(29)37/h18-26,29,36-38H,5-17H2,1-4H3/t18-,19+,20-,21-,22+,23+,24-,25?,26+,29+,30+,31-/m1/s1. The number of aliphatic hydroxyl groups excluding tert-OH is 3. The van der Waals surface area contributed by atoms with Gasteiger partial charge in [-0.25, -0.2) is 13.2 Å². The van der Waals surface area contributed by atoms with E-state index in [1.165, 1.54) is 0 Å². The Hall–Kier alpha value is -1.39. The van der Waals surface area contributed by atoms with Crippen molar-refractivity contribution >= 4 is 11.9 Å². The predicted molar refractivity (Wildman–Crippen MR) is 149 cm³/mol. The summed E-state index contributed by atoms with van der Waals surface area (Å²) >= 11 is 0. The van der Waals surface area contributed by atoms with Gasteiger partial charge in [0.25, 0.3) is 5.92 Å². The number of fused-ring (bicyclic) bond motifs is 5. The minimum absolute atomic E-state index is 0.0228. The Balaban J connectivity index is 1.25. The van der Waals surface area contributed by atoms with Gasteiger partial charge in [-0.1, -0.05) is 20.8 Å². The quantitative estimate of drug-likeness (QED) is 0.219. The highest BCUT2D eigenvalue weighted by atomic mass is 19.3. The van der Waals surface area contributed by atoms with Crippen molar-refractivity contribution in [3.8, 4) is 0 Å². The molecule has 4 aliphatic rings. The van der Waals surface area contributed by atoms with E-state index in [1.807, 2.05) is 0 Å². The molecular formula is C32H51F3O7. The molecule has 0 spiro atoms. The number of carbonyl (C=O) groups is 2. The first-order valence-electron chi connectivity index (χ1n) is 16.0. The number of hydrogen-bond acceptors (Lipinski definition) is 7. The lowest BCUT2D eigenvalue weighted by atomic mass is 9.43. The summed E-state index contributed by atoms with van der Waals surface area (Å²) in [5.41, 5.74) is -0.320. The molecule has 242 valence electrons. The summed E-state index contributed by atoms with van der Waals surface area (Å²) in [6.07, 6.45) is 2.71. The molecule has 4 aliphatic carbocycles. The van der Waals surface area contributed by atoms with E-state index in [1.54, 1.807) is 0 Å². The zero-order chi connectivity index (χ0) is 31.0. The normalized spacial score (nSPS) is 41.2. The van der Waals surface area contributed by atoms with E-state index in [2.05, 4.69) is 25.5 Å². The third-order valence-corrected chi connectivity index (χ3v) is 12.1. The number of carbonyl (C=O) groups excluding carboxylic acids is 2. The summed E-state index contributed by atoms with van der Waals surface area (Å²) in [5, 5.41) is 33.4. The van der Waals surface area contributed by atoms with Crippen molar-refractivity contribution in [2.45, 2.75) is 129 Å². The van der Waals surface area contributed by atoms with E-state index in [4.69, 9.17) is 4.74 Å². The summed E-state index contributed by atoms with van der Waals surface area (Å²) < 4.78 is 48.6. The molecule has 4 fully saturated rings. The van der Waals surface area contributed by atoms with Gasteiger partial charge in [0, 0.05) is 19.8 Å². The molecule has 7 nitrogen and oxygen atoms in total.